The lowest BCUT2D eigenvalue weighted by molar-refractivity contribution is 0.248. The Balaban J connectivity index is 1.60. The summed E-state index contributed by atoms with van der Waals surface area (Å²) in [6.07, 6.45) is 6.32. The Morgan fingerprint density at radius 1 is 0.818 bits per heavy atom. The SMILES string of the molecule is O=C(NCCNC(=O)Nc1cccnc1)Nc1cccnc1. The maximum atomic E-state index is 11.6. The maximum Gasteiger partial charge on any atom is 0.319 e. The molecule has 0 saturated carbocycles. The highest BCUT2D eigenvalue weighted by atomic mass is 16.2. The van der Waals surface area contributed by atoms with E-state index in [1.807, 2.05) is 0 Å². The second-order valence-electron chi connectivity index (χ2n) is 4.25. The fourth-order valence-electron chi connectivity index (χ4n) is 1.58. The van der Waals surface area contributed by atoms with Gasteiger partial charge >= 0.3 is 12.1 Å². The number of aromatic nitrogens is 2. The summed E-state index contributed by atoms with van der Waals surface area (Å²) in [7, 11) is 0. The summed E-state index contributed by atoms with van der Waals surface area (Å²) in [5.41, 5.74) is 1.20. The zero-order chi connectivity index (χ0) is 15.6. The zero-order valence-electron chi connectivity index (χ0n) is 11.7. The molecule has 0 atom stereocenters. The summed E-state index contributed by atoms with van der Waals surface area (Å²) in [4.78, 5) is 30.9. The van der Waals surface area contributed by atoms with E-state index in [0.29, 0.717) is 24.5 Å². The highest BCUT2D eigenvalue weighted by Crippen LogP contribution is 2.02. The first kappa shape index (κ1) is 15.2. The molecule has 2 aromatic heterocycles. The Morgan fingerprint density at radius 2 is 1.27 bits per heavy atom. The van der Waals surface area contributed by atoms with Crippen molar-refractivity contribution in [2.75, 3.05) is 23.7 Å². The molecule has 0 saturated heterocycles. The minimum Gasteiger partial charge on any atom is -0.336 e. The first-order valence-electron chi connectivity index (χ1n) is 6.64. The molecule has 0 spiro atoms. The van der Waals surface area contributed by atoms with Crippen LogP contribution >= 0.6 is 0 Å². The van der Waals surface area contributed by atoms with Gasteiger partial charge in [-0.15, -0.1) is 0 Å². The number of carbonyl (C=O) groups is 2. The second-order valence-corrected chi connectivity index (χ2v) is 4.25. The van der Waals surface area contributed by atoms with E-state index in [4.69, 9.17) is 0 Å². The summed E-state index contributed by atoms with van der Waals surface area (Å²) in [6.45, 7) is 0.596. The first-order chi connectivity index (χ1) is 10.7. The maximum absolute atomic E-state index is 11.6. The predicted octanol–water partition coefficient (Wildman–Crippen LogP) is 1.42. The van der Waals surface area contributed by atoms with Crippen molar-refractivity contribution in [2.24, 2.45) is 0 Å². The van der Waals surface area contributed by atoms with Gasteiger partial charge < -0.3 is 21.3 Å². The van der Waals surface area contributed by atoms with Gasteiger partial charge in [0.2, 0.25) is 0 Å². The van der Waals surface area contributed by atoms with Crippen LogP contribution in [-0.2, 0) is 0 Å². The van der Waals surface area contributed by atoms with E-state index in [1.165, 1.54) is 0 Å². The third-order valence-corrected chi connectivity index (χ3v) is 2.53. The number of nitrogens with one attached hydrogen (secondary N) is 4. The lowest BCUT2D eigenvalue weighted by Gasteiger charge is -2.09. The number of hydrogen-bond acceptors (Lipinski definition) is 4. The minimum absolute atomic E-state index is 0.298. The minimum atomic E-state index is -0.359. The molecule has 2 rings (SSSR count). The van der Waals surface area contributed by atoms with E-state index < -0.39 is 0 Å². The molecule has 4 N–H and O–H groups in total. The van der Waals surface area contributed by atoms with Crippen molar-refractivity contribution < 1.29 is 9.59 Å². The third kappa shape index (κ3) is 5.45. The molecule has 0 radical (unpaired) electrons. The predicted molar refractivity (Wildman–Crippen MR) is 82.5 cm³/mol. The summed E-state index contributed by atoms with van der Waals surface area (Å²) in [6, 6.07) is 6.18. The number of carbonyl (C=O) groups excluding carboxylic acids is 2. The van der Waals surface area contributed by atoms with Crippen LogP contribution in [0.1, 0.15) is 0 Å². The molecule has 8 heteroatoms. The lowest BCUT2D eigenvalue weighted by atomic mass is 10.4. The van der Waals surface area contributed by atoms with Crippen molar-refractivity contribution in [3.63, 3.8) is 0 Å². The summed E-state index contributed by atoms with van der Waals surface area (Å²) in [5.74, 6) is 0. The fourth-order valence-corrected chi connectivity index (χ4v) is 1.58. The van der Waals surface area contributed by atoms with E-state index >= 15 is 0 Å². The van der Waals surface area contributed by atoms with Crippen molar-refractivity contribution in [3.05, 3.63) is 49.1 Å². The van der Waals surface area contributed by atoms with Gasteiger partial charge in [-0.1, -0.05) is 0 Å². The monoisotopic (exact) mass is 300 g/mol. The number of hydrogen-bond donors (Lipinski definition) is 4. The van der Waals surface area contributed by atoms with E-state index in [2.05, 4.69) is 31.2 Å². The van der Waals surface area contributed by atoms with Gasteiger partial charge in [0, 0.05) is 25.5 Å². The topological polar surface area (TPSA) is 108 Å². The molecule has 22 heavy (non-hydrogen) atoms. The number of anilines is 2. The van der Waals surface area contributed by atoms with Crippen LogP contribution in [0, 0.1) is 0 Å². The second kappa shape index (κ2) is 8.20. The van der Waals surface area contributed by atoms with Crippen molar-refractivity contribution >= 4 is 23.4 Å². The molecule has 0 aliphatic rings. The molecule has 0 aliphatic carbocycles. The molecule has 0 aliphatic heterocycles. The van der Waals surface area contributed by atoms with Gasteiger partial charge in [-0.25, -0.2) is 9.59 Å². The smallest absolute Gasteiger partial charge is 0.319 e. The molecule has 0 unspecified atom stereocenters. The third-order valence-electron chi connectivity index (χ3n) is 2.53. The highest BCUT2D eigenvalue weighted by molar-refractivity contribution is 5.90. The van der Waals surface area contributed by atoms with Crippen LogP contribution in [0.2, 0.25) is 0 Å². The first-order valence-corrected chi connectivity index (χ1v) is 6.64. The van der Waals surface area contributed by atoms with Crippen LogP contribution < -0.4 is 21.3 Å². The molecular weight excluding hydrogens is 284 g/mol. The van der Waals surface area contributed by atoms with Crippen molar-refractivity contribution in [1.29, 1.82) is 0 Å². The van der Waals surface area contributed by atoms with Gasteiger partial charge in [0.15, 0.2) is 0 Å². The highest BCUT2D eigenvalue weighted by Gasteiger charge is 2.02. The average Bonchev–Trinajstić information content (AvgIpc) is 2.53. The summed E-state index contributed by atoms with van der Waals surface area (Å²) in [5, 5.41) is 10.5. The fraction of sp³-hybridized carbons (Fsp3) is 0.143. The van der Waals surface area contributed by atoms with Crippen LogP contribution in [0.15, 0.2) is 49.1 Å². The van der Waals surface area contributed by atoms with E-state index in [9.17, 15) is 9.59 Å². The van der Waals surface area contributed by atoms with Gasteiger partial charge in [0.25, 0.3) is 0 Å². The van der Waals surface area contributed by atoms with E-state index in [-0.39, 0.29) is 12.1 Å². The summed E-state index contributed by atoms with van der Waals surface area (Å²) < 4.78 is 0. The van der Waals surface area contributed by atoms with Gasteiger partial charge in [-0.05, 0) is 24.3 Å². The van der Waals surface area contributed by atoms with Crippen molar-refractivity contribution in [1.82, 2.24) is 20.6 Å². The molecule has 2 heterocycles. The molecule has 0 fully saturated rings. The van der Waals surface area contributed by atoms with Gasteiger partial charge in [-0.3, -0.25) is 9.97 Å². The molecular formula is C14H16N6O2. The zero-order valence-corrected chi connectivity index (χ0v) is 11.7. The number of rotatable bonds is 5. The van der Waals surface area contributed by atoms with Crippen LogP contribution in [0.25, 0.3) is 0 Å². The molecule has 0 aromatic carbocycles. The van der Waals surface area contributed by atoms with Crippen LogP contribution in [0.4, 0.5) is 21.0 Å². The quantitative estimate of drug-likeness (QED) is 0.626. The number of pyridine rings is 2. The van der Waals surface area contributed by atoms with Crippen molar-refractivity contribution in [2.45, 2.75) is 0 Å². The standard InChI is InChI=1S/C14H16N6O2/c21-13(19-11-3-1-5-15-9-11)17-7-8-18-14(22)20-12-4-2-6-16-10-12/h1-6,9-10H,7-8H2,(H2,17,19,21)(H2,18,20,22). The Kier molecular flexibility index (Phi) is 5.68. The number of urea groups is 2. The normalized spacial score (nSPS) is 9.64. The Labute approximate surface area is 127 Å². The van der Waals surface area contributed by atoms with Gasteiger partial charge in [-0.2, -0.15) is 0 Å². The van der Waals surface area contributed by atoms with E-state index in [1.54, 1.807) is 49.1 Å². The summed E-state index contributed by atoms with van der Waals surface area (Å²) >= 11 is 0. The van der Waals surface area contributed by atoms with Crippen LogP contribution in [-0.4, -0.2) is 35.1 Å². The average molecular weight is 300 g/mol. The largest absolute Gasteiger partial charge is 0.336 e. The molecule has 2 aromatic rings. The van der Waals surface area contributed by atoms with Gasteiger partial charge in [0.1, 0.15) is 0 Å². The lowest BCUT2D eigenvalue weighted by Crippen LogP contribution is -2.38. The molecule has 4 amide bonds. The molecule has 8 nitrogen and oxygen atoms in total. The van der Waals surface area contributed by atoms with Crippen LogP contribution in [0.5, 0.6) is 0 Å². The van der Waals surface area contributed by atoms with E-state index in [0.717, 1.165) is 0 Å². The van der Waals surface area contributed by atoms with Crippen LogP contribution in [0.3, 0.4) is 0 Å². The Morgan fingerprint density at radius 3 is 1.64 bits per heavy atom. The Hall–Kier alpha value is -3.16. The molecule has 114 valence electrons. The Bertz CT molecular complexity index is 550. The number of nitrogens with zero attached hydrogens (tertiary/aromatic N) is 2. The number of amides is 4. The van der Waals surface area contributed by atoms with Crippen molar-refractivity contribution in [3.8, 4) is 0 Å². The molecule has 0 bridgehead atoms. The van der Waals surface area contributed by atoms with Gasteiger partial charge in [0.05, 0.1) is 23.8 Å².